The van der Waals surface area contributed by atoms with Crippen molar-refractivity contribution in [3.8, 4) is 0 Å². The van der Waals surface area contributed by atoms with Gasteiger partial charge in [-0.1, -0.05) is 23.2 Å². The number of amides is 1. The number of halogens is 2. The molecule has 1 amide bonds. The molecule has 1 aliphatic rings. The molecule has 0 spiro atoms. The third-order valence-electron chi connectivity index (χ3n) is 4.58. The Morgan fingerprint density at radius 2 is 1.43 bits per heavy atom. The lowest BCUT2D eigenvalue weighted by Gasteiger charge is -2.35. The molecule has 9 heteroatoms. The molecule has 0 bridgehead atoms. The average Bonchev–Trinajstić information content (AvgIpc) is 2.69. The van der Waals surface area contributed by atoms with Gasteiger partial charge in [-0.2, -0.15) is 4.31 Å². The highest BCUT2D eigenvalue weighted by Gasteiger charge is 2.26. The monoisotopic (exact) mass is 441 g/mol. The number of benzene rings is 2. The number of rotatable bonds is 6. The van der Waals surface area contributed by atoms with Crippen LogP contribution in [0.2, 0.25) is 10.0 Å². The van der Waals surface area contributed by atoms with Gasteiger partial charge < -0.3 is 10.2 Å². The molecule has 0 atom stereocenters. The van der Waals surface area contributed by atoms with Crippen LogP contribution in [0.15, 0.2) is 48.5 Å². The van der Waals surface area contributed by atoms with Gasteiger partial charge in [0.15, 0.2) is 0 Å². The van der Waals surface area contributed by atoms with Crippen LogP contribution < -0.4 is 10.2 Å². The molecular weight excluding hydrogens is 421 g/mol. The number of nitrogens with zero attached hydrogens (tertiary/aromatic N) is 2. The molecule has 0 unspecified atom stereocenters. The maximum atomic E-state index is 12.6. The van der Waals surface area contributed by atoms with Gasteiger partial charge in [-0.25, -0.2) is 8.42 Å². The summed E-state index contributed by atoms with van der Waals surface area (Å²) in [6.07, 6.45) is 0. The second-order valence-corrected chi connectivity index (χ2v) is 9.40. The third-order valence-corrected chi connectivity index (χ3v) is 6.95. The Morgan fingerprint density at radius 3 is 2.00 bits per heavy atom. The quantitative estimate of drug-likeness (QED) is 0.747. The zero-order valence-corrected chi connectivity index (χ0v) is 17.5. The number of carbonyl (C=O) groups is 1. The van der Waals surface area contributed by atoms with E-state index in [4.69, 9.17) is 23.2 Å². The van der Waals surface area contributed by atoms with Gasteiger partial charge >= 0.3 is 0 Å². The van der Waals surface area contributed by atoms with Crippen molar-refractivity contribution in [2.24, 2.45) is 0 Å². The second kappa shape index (κ2) is 9.13. The predicted molar refractivity (Wildman–Crippen MR) is 113 cm³/mol. The minimum atomic E-state index is -3.43. The summed E-state index contributed by atoms with van der Waals surface area (Å²) in [5.74, 6) is -0.452. The molecule has 150 valence electrons. The van der Waals surface area contributed by atoms with Gasteiger partial charge in [0.2, 0.25) is 10.0 Å². The van der Waals surface area contributed by atoms with E-state index in [1.807, 2.05) is 24.3 Å². The maximum absolute atomic E-state index is 12.6. The fourth-order valence-corrected chi connectivity index (χ4v) is 4.59. The SMILES string of the molecule is O=C(NCCS(=O)(=O)N1CCN(c2ccc(Cl)cc2)CC1)c1ccc(Cl)cc1. The first-order valence-electron chi connectivity index (χ1n) is 8.87. The highest BCUT2D eigenvalue weighted by molar-refractivity contribution is 7.89. The average molecular weight is 442 g/mol. The van der Waals surface area contributed by atoms with Crippen LogP contribution in [0.5, 0.6) is 0 Å². The Morgan fingerprint density at radius 1 is 0.893 bits per heavy atom. The van der Waals surface area contributed by atoms with E-state index in [0.29, 0.717) is 41.8 Å². The van der Waals surface area contributed by atoms with Crippen LogP contribution in [-0.2, 0) is 10.0 Å². The van der Waals surface area contributed by atoms with Crippen molar-refractivity contribution < 1.29 is 13.2 Å². The Bertz CT molecular complexity index is 910. The van der Waals surface area contributed by atoms with Crippen LogP contribution in [-0.4, -0.2) is 57.1 Å². The molecule has 1 saturated heterocycles. The van der Waals surface area contributed by atoms with Gasteiger partial charge in [0.25, 0.3) is 5.91 Å². The Hall–Kier alpha value is -1.80. The summed E-state index contributed by atoms with van der Waals surface area (Å²) < 4.78 is 26.6. The number of nitrogens with one attached hydrogen (secondary N) is 1. The fraction of sp³-hybridized carbons (Fsp3) is 0.316. The van der Waals surface area contributed by atoms with Crippen molar-refractivity contribution >= 4 is 44.8 Å². The lowest BCUT2D eigenvalue weighted by atomic mass is 10.2. The molecule has 2 aromatic carbocycles. The van der Waals surface area contributed by atoms with Crippen LogP contribution in [0.3, 0.4) is 0 Å². The number of sulfonamides is 1. The molecule has 0 aromatic heterocycles. The molecule has 1 N–H and O–H groups in total. The molecular formula is C19H21Cl2N3O3S. The van der Waals surface area contributed by atoms with Crippen molar-refractivity contribution in [3.63, 3.8) is 0 Å². The first-order chi connectivity index (χ1) is 13.3. The highest BCUT2D eigenvalue weighted by atomic mass is 35.5. The van der Waals surface area contributed by atoms with E-state index in [1.165, 1.54) is 4.31 Å². The normalized spacial score (nSPS) is 15.4. The lowest BCUT2D eigenvalue weighted by molar-refractivity contribution is 0.0956. The summed E-state index contributed by atoms with van der Waals surface area (Å²) in [7, 11) is -3.43. The molecule has 0 aliphatic carbocycles. The Labute approximate surface area is 175 Å². The first kappa shape index (κ1) is 20.9. The Balaban J connectivity index is 1.48. The van der Waals surface area contributed by atoms with E-state index in [0.717, 1.165) is 5.69 Å². The molecule has 0 radical (unpaired) electrons. The molecule has 3 rings (SSSR count). The van der Waals surface area contributed by atoms with Crippen LogP contribution in [0.4, 0.5) is 5.69 Å². The smallest absolute Gasteiger partial charge is 0.251 e. The van der Waals surface area contributed by atoms with Crippen LogP contribution >= 0.6 is 23.2 Å². The van der Waals surface area contributed by atoms with Crippen molar-refractivity contribution in [3.05, 3.63) is 64.1 Å². The van der Waals surface area contributed by atoms with E-state index in [9.17, 15) is 13.2 Å². The van der Waals surface area contributed by atoms with E-state index >= 15 is 0 Å². The van der Waals surface area contributed by atoms with Gasteiger partial charge in [0, 0.05) is 54.0 Å². The van der Waals surface area contributed by atoms with Crippen LogP contribution in [0.25, 0.3) is 0 Å². The van der Waals surface area contributed by atoms with Crippen molar-refractivity contribution in [1.29, 1.82) is 0 Å². The molecule has 28 heavy (non-hydrogen) atoms. The summed E-state index contributed by atoms with van der Waals surface area (Å²) in [6, 6.07) is 13.9. The van der Waals surface area contributed by atoms with E-state index in [-0.39, 0.29) is 18.2 Å². The van der Waals surface area contributed by atoms with Gasteiger partial charge in [0.1, 0.15) is 0 Å². The van der Waals surface area contributed by atoms with E-state index < -0.39 is 10.0 Å². The molecule has 0 saturated carbocycles. The molecule has 1 aliphatic heterocycles. The van der Waals surface area contributed by atoms with E-state index in [1.54, 1.807) is 24.3 Å². The number of anilines is 1. The first-order valence-corrected chi connectivity index (χ1v) is 11.2. The summed E-state index contributed by atoms with van der Waals surface area (Å²) in [5, 5.41) is 3.85. The zero-order chi connectivity index (χ0) is 20.1. The minimum absolute atomic E-state index is 0.0567. The zero-order valence-electron chi connectivity index (χ0n) is 15.1. The summed E-state index contributed by atoms with van der Waals surface area (Å²) in [4.78, 5) is 14.2. The number of hydrogen-bond donors (Lipinski definition) is 1. The van der Waals surface area contributed by atoms with Gasteiger partial charge in [-0.15, -0.1) is 0 Å². The minimum Gasteiger partial charge on any atom is -0.369 e. The maximum Gasteiger partial charge on any atom is 0.251 e. The van der Waals surface area contributed by atoms with Crippen LogP contribution in [0, 0.1) is 0 Å². The topological polar surface area (TPSA) is 69.7 Å². The standard InChI is InChI=1S/C19H21Cl2N3O3S/c20-16-3-1-15(2-4-16)19(25)22-9-14-28(26,27)24-12-10-23(11-13-24)18-7-5-17(21)6-8-18/h1-8H,9-14H2,(H,22,25). The van der Waals surface area contributed by atoms with Crippen molar-refractivity contribution in [1.82, 2.24) is 9.62 Å². The highest BCUT2D eigenvalue weighted by Crippen LogP contribution is 2.20. The van der Waals surface area contributed by atoms with Crippen molar-refractivity contribution in [2.45, 2.75) is 0 Å². The summed E-state index contributed by atoms with van der Waals surface area (Å²) in [5.41, 5.74) is 1.47. The predicted octanol–water partition coefficient (Wildman–Crippen LogP) is 2.88. The summed E-state index contributed by atoms with van der Waals surface area (Å²) in [6.45, 7) is 2.10. The lowest BCUT2D eigenvalue weighted by Crippen LogP contribution is -2.50. The second-order valence-electron chi connectivity index (χ2n) is 6.44. The number of hydrogen-bond acceptors (Lipinski definition) is 4. The Kier molecular flexibility index (Phi) is 6.82. The molecule has 2 aromatic rings. The molecule has 1 heterocycles. The van der Waals surface area contributed by atoms with Gasteiger partial charge in [-0.3, -0.25) is 4.79 Å². The molecule has 1 fully saturated rings. The molecule has 6 nitrogen and oxygen atoms in total. The van der Waals surface area contributed by atoms with Crippen molar-refractivity contribution in [2.75, 3.05) is 43.4 Å². The van der Waals surface area contributed by atoms with Gasteiger partial charge in [-0.05, 0) is 48.5 Å². The van der Waals surface area contributed by atoms with Crippen LogP contribution in [0.1, 0.15) is 10.4 Å². The largest absolute Gasteiger partial charge is 0.369 e. The number of carbonyl (C=O) groups excluding carboxylic acids is 1. The van der Waals surface area contributed by atoms with E-state index in [2.05, 4.69) is 10.2 Å². The summed E-state index contributed by atoms with van der Waals surface area (Å²) >= 11 is 11.7. The third kappa shape index (κ3) is 5.38. The van der Waals surface area contributed by atoms with Gasteiger partial charge in [0.05, 0.1) is 5.75 Å². The number of piperazine rings is 1. The fourth-order valence-electron chi connectivity index (χ4n) is 3.00.